The summed E-state index contributed by atoms with van der Waals surface area (Å²) in [5, 5.41) is 13.4. The molecule has 8 heteroatoms. The van der Waals surface area contributed by atoms with E-state index in [1.807, 2.05) is 35.8 Å². The fourth-order valence-corrected chi connectivity index (χ4v) is 3.83. The van der Waals surface area contributed by atoms with Crippen LogP contribution in [0.2, 0.25) is 0 Å². The molecule has 7 nitrogen and oxygen atoms in total. The zero-order chi connectivity index (χ0) is 20.2. The Kier molecular flexibility index (Phi) is 5.62. The molecule has 0 bridgehead atoms. The highest BCUT2D eigenvalue weighted by atomic mass is 32.2. The number of nitrogens with zero attached hydrogens (tertiary/aromatic N) is 5. The molecule has 0 spiro atoms. The minimum atomic E-state index is 0.493. The van der Waals surface area contributed by atoms with Gasteiger partial charge < -0.3 is 9.26 Å². The summed E-state index contributed by atoms with van der Waals surface area (Å²) < 4.78 is 12.8. The van der Waals surface area contributed by atoms with Crippen LogP contribution >= 0.6 is 11.8 Å². The van der Waals surface area contributed by atoms with Crippen LogP contribution < -0.4 is 4.74 Å². The third kappa shape index (κ3) is 4.02. The van der Waals surface area contributed by atoms with E-state index >= 15 is 0 Å². The summed E-state index contributed by atoms with van der Waals surface area (Å²) in [6, 6.07) is 16.0. The van der Waals surface area contributed by atoms with E-state index < -0.39 is 0 Å². The highest BCUT2D eigenvalue weighted by Gasteiger charge is 2.16. The van der Waals surface area contributed by atoms with Crippen molar-refractivity contribution in [2.45, 2.75) is 31.2 Å². The van der Waals surface area contributed by atoms with Gasteiger partial charge in [-0.15, -0.1) is 10.2 Å². The molecule has 0 unspecified atom stereocenters. The van der Waals surface area contributed by atoms with E-state index in [1.54, 1.807) is 7.11 Å². The molecular formula is C21H21N5O2S. The second kappa shape index (κ2) is 8.48. The van der Waals surface area contributed by atoms with Crippen LogP contribution in [0.5, 0.6) is 5.75 Å². The minimum absolute atomic E-state index is 0.493. The molecule has 0 radical (unpaired) electrons. The number of methoxy groups -OCH3 is 1. The molecule has 0 saturated carbocycles. The summed E-state index contributed by atoms with van der Waals surface area (Å²) in [6.07, 6.45) is 1.01. The van der Waals surface area contributed by atoms with Crippen LogP contribution in [-0.4, -0.2) is 32.0 Å². The topological polar surface area (TPSA) is 78.9 Å². The van der Waals surface area contributed by atoms with Gasteiger partial charge in [-0.1, -0.05) is 48.1 Å². The third-order valence-corrected chi connectivity index (χ3v) is 5.45. The minimum Gasteiger partial charge on any atom is -0.496 e. The molecule has 2 aromatic carbocycles. The number of para-hydroxylation sites is 1. The smallest absolute Gasteiger partial charge is 0.237 e. The second-order valence-corrected chi connectivity index (χ2v) is 7.33. The molecule has 148 valence electrons. The van der Waals surface area contributed by atoms with Gasteiger partial charge >= 0.3 is 0 Å². The van der Waals surface area contributed by atoms with Crippen LogP contribution in [0.25, 0.3) is 17.1 Å². The van der Waals surface area contributed by atoms with E-state index in [0.29, 0.717) is 23.2 Å². The quantitative estimate of drug-likeness (QED) is 0.418. The first kappa shape index (κ1) is 19.2. The average molecular weight is 407 g/mol. The number of ether oxygens (including phenoxy) is 1. The summed E-state index contributed by atoms with van der Waals surface area (Å²) in [5.41, 5.74) is 3.13. The van der Waals surface area contributed by atoms with Crippen molar-refractivity contribution in [1.29, 1.82) is 0 Å². The average Bonchev–Trinajstić information content (AvgIpc) is 3.39. The lowest BCUT2D eigenvalue weighted by atomic mass is 10.1. The van der Waals surface area contributed by atoms with Gasteiger partial charge in [-0.3, -0.25) is 4.57 Å². The molecule has 0 atom stereocenters. The molecule has 0 N–H and O–H groups in total. The first-order valence-electron chi connectivity index (χ1n) is 9.29. The van der Waals surface area contributed by atoms with Crippen molar-refractivity contribution < 1.29 is 9.26 Å². The van der Waals surface area contributed by atoms with Gasteiger partial charge in [0.2, 0.25) is 11.7 Å². The summed E-state index contributed by atoms with van der Waals surface area (Å²) >= 11 is 1.51. The predicted octanol–water partition coefficient (Wildman–Crippen LogP) is 4.49. The summed E-state index contributed by atoms with van der Waals surface area (Å²) in [5.74, 6) is 3.05. The zero-order valence-electron chi connectivity index (χ0n) is 16.5. The molecule has 2 aromatic heterocycles. The van der Waals surface area contributed by atoms with E-state index in [-0.39, 0.29) is 0 Å². The van der Waals surface area contributed by atoms with Gasteiger partial charge in [0.15, 0.2) is 5.16 Å². The number of aryl methyl sites for hydroxylation is 2. The first-order valence-corrected chi connectivity index (χ1v) is 10.3. The Bertz CT molecular complexity index is 1100. The zero-order valence-corrected chi connectivity index (χ0v) is 17.3. The Morgan fingerprint density at radius 3 is 2.62 bits per heavy atom. The highest BCUT2D eigenvalue weighted by Crippen LogP contribution is 2.29. The monoisotopic (exact) mass is 407 g/mol. The number of benzene rings is 2. The maximum Gasteiger partial charge on any atom is 0.237 e. The Labute approximate surface area is 173 Å². The van der Waals surface area contributed by atoms with Crippen molar-refractivity contribution in [2.75, 3.05) is 7.11 Å². The lowest BCUT2D eigenvalue weighted by Gasteiger charge is -2.08. The molecule has 4 rings (SSSR count). The van der Waals surface area contributed by atoms with Crippen LogP contribution in [0.15, 0.2) is 58.2 Å². The van der Waals surface area contributed by atoms with Gasteiger partial charge in [-0.05, 0) is 43.2 Å². The molecule has 0 aliphatic rings. The van der Waals surface area contributed by atoms with Gasteiger partial charge in [0.1, 0.15) is 11.6 Å². The van der Waals surface area contributed by atoms with Crippen molar-refractivity contribution >= 4 is 11.8 Å². The van der Waals surface area contributed by atoms with Crippen molar-refractivity contribution in [1.82, 2.24) is 24.9 Å². The van der Waals surface area contributed by atoms with E-state index in [1.165, 1.54) is 17.3 Å². The van der Waals surface area contributed by atoms with Crippen LogP contribution in [-0.2, 0) is 12.2 Å². The second-order valence-electron chi connectivity index (χ2n) is 6.39. The first-order chi connectivity index (χ1) is 14.2. The Balaban J connectivity index is 1.53. The number of hydrogen-bond donors (Lipinski definition) is 0. The maximum absolute atomic E-state index is 5.43. The number of thioether (sulfide) groups is 1. The standard InChI is InChI=1S/C21H21N5O2S/c1-4-15-9-11-16(12-10-15)26-14(2)23-24-21(26)29-13-19-22-20(25-28-19)17-7-5-6-8-18(17)27-3/h5-12H,4,13H2,1-3H3. The van der Waals surface area contributed by atoms with Crippen LogP contribution in [0.4, 0.5) is 0 Å². The molecule has 0 fully saturated rings. The molecule has 0 aliphatic heterocycles. The molecule has 0 amide bonds. The van der Waals surface area contributed by atoms with E-state index in [0.717, 1.165) is 28.7 Å². The summed E-state index contributed by atoms with van der Waals surface area (Å²) in [6.45, 7) is 4.08. The van der Waals surface area contributed by atoms with Crippen molar-refractivity contribution in [2.24, 2.45) is 0 Å². The highest BCUT2D eigenvalue weighted by molar-refractivity contribution is 7.98. The van der Waals surface area contributed by atoms with Gasteiger partial charge in [-0.2, -0.15) is 4.98 Å². The van der Waals surface area contributed by atoms with Gasteiger partial charge in [0.25, 0.3) is 0 Å². The van der Waals surface area contributed by atoms with E-state index in [2.05, 4.69) is 51.5 Å². The molecule has 29 heavy (non-hydrogen) atoms. The SMILES string of the molecule is CCc1ccc(-n2c(C)nnc2SCc2nc(-c3ccccc3OC)no2)cc1. The molecule has 0 saturated heterocycles. The maximum atomic E-state index is 5.43. The third-order valence-electron chi connectivity index (χ3n) is 4.54. The lowest BCUT2D eigenvalue weighted by Crippen LogP contribution is -1.99. The van der Waals surface area contributed by atoms with Gasteiger partial charge in [-0.25, -0.2) is 0 Å². The molecule has 4 aromatic rings. The van der Waals surface area contributed by atoms with Crippen molar-refractivity contribution in [3.8, 4) is 22.8 Å². The van der Waals surface area contributed by atoms with E-state index in [4.69, 9.17) is 9.26 Å². The molecule has 0 aliphatic carbocycles. The predicted molar refractivity (Wildman–Crippen MR) is 111 cm³/mol. The molecule has 2 heterocycles. The Hall–Kier alpha value is -3.13. The summed E-state index contributed by atoms with van der Waals surface area (Å²) in [7, 11) is 1.62. The fourth-order valence-electron chi connectivity index (χ4n) is 2.99. The Morgan fingerprint density at radius 1 is 1.07 bits per heavy atom. The van der Waals surface area contributed by atoms with Gasteiger partial charge in [0.05, 0.1) is 18.4 Å². The summed E-state index contributed by atoms with van der Waals surface area (Å²) in [4.78, 5) is 4.50. The van der Waals surface area contributed by atoms with Crippen molar-refractivity contribution in [3.63, 3.8) is 0 Å². The number of rotatable bonds is 7. The van der Waals surface area contributed by atoms with Crippen LogP contribution in [0.3, 0.4) is 0 Å². The fraction of sp³-hybridized carbons (Fsp3) is 0.238. The van der Waals surface area contributed by atoms with Crippen molar-refractivity contribution in [3.05, 3.63) is 65.8 Å². The number of hydrogen-bond acceptors (Lipinski definition) is 7. The van der Waals surface area contributed by atoms with Crippen LogP contribution in [0, 0.1) is 6.92 Å². The number of aromatic nitrogens is 5. The largest absolute Gasteiger partial charge is 0.496 e. The van der Waals surface area contributed by atoms with E-state index in [9.17, 15) is 0 Å². The normalized spacial score (nSPS) is 11.0. The molecular weight excluding hydrogens is 386 g/mol. The van der Waals surface area contributed by atoms with Gasteiger partial charge in [0, 0.05) is 5.69 Å². The van der Waals surface area contributed by atoms with Crippen LogP contribution in [0.1, 0.15) is 24.2 Å². The lowest BCUT2D eigenvalue weighted by molar-refractivity contribution is 0.390. The Morgan fingerprint density at radius 2 is 1.86 bits per heavy atom.